The quantitative estimate of drug-likeness (QED) is 0.881. The van der Waals surface area contributed by atoms with Crippen LogP contribution in [-0.2, 0) is 0 Å². The fourth-order valence-corrected chi connectivity index (χ4v) is 4.16. The van der Waals surface area contributed by atoms with Gasteiger partial charge in [0.05, 0.1) is 6.04 Å². The van der Waals surface area contributed by atoms with Gasteiger partial charge in [0.1, 0.15) is 0 Å². The smallest absolute Gasteiger partial charge is 0.290 e. The van der Waals surface area contributed by atoms with Crippen molar-refractivity contribution >= 4 is 29.9 Å². The Balaban J connectivity index is 0.00000169. The lowest BCUT2D eigenvalue weighted by Crippen LogP contribution is -2.34. The fraction of sp³-hybridized carbons (Fsp3) is 0.389. The summed E-state index contributed by atoms with van der Waals surface area (Å²) < 4.78 is 5.35. The van der Waals surface area contributed by atoms with Crippen molar-refractivity contribution in [1.82, 2.24) is 10.2 Å². The Hall–Kier alpha value is -1.49. The van der Waals surface area contributed by atoms with Crippen molar-refractivity contribution in [2.45, 2.75) is 13.0 Å². The maximum atomic E-state index is 12.9. The molecule has 1 aromatic carbocycles. The van der Waals surface area contributed by atoms with Crippen molar-refractivity contribution in [2.75, 3.05) is 19.6 Å². The molecule has 1 amide bonds. The van der Waals surface area contributed by atoms with E-state index in [1.165, 1.54) is 11.1 Å². The molecular weight excluding hydrogens is 347 g/mol. The van der Waals surface area contributed by atoms with Gasteiger partial charge in [-0.05, 0) is 47.7 Å². The average Bonchev–Trinajstić information content (AvgIpc) is 3.22. The number of nitrogens with one attached hydrogen (secondary N) is 1. The molecule has 0 unspecified atom stereocenters. The van der Waals surface area contributed by atoms with Crippen molar-refractivity contribution in [3.63, 3.8) is 0 Å². The number of aryl methyl sites for hydroxylation is 1. The van der Waals surface area contributed by atoms with Crippen molar-refractivity contribution in [2.24, 2.45) is 11.8 Å². The SMILES string of the molecule is Cc1ccccc1[C@H]1[C@H]2CNC[C@H]2CN1C(=O)c1ccc(Cl)o1.Cl. The summed E-state index contributed by atoms with van der Waals surface area (Å²) in [6, 6.07) is 11.7. The molecule has 0 radical (unpaired) electrons. The molecule has 0 aliphatic carbocycles. The Kier molecular flexibility index (Phi) is 4.90. The maximum Gasteiger partial charge on any atom is 0.290 e. The van der Waals surface area contributed by atoms with Gasteiger partial charge in [0.15, 0.2) is 11.0 Å². The van der Waals surface area contributed by atoms with Crippen LogP contribution in [0.2, 0.25) is 5.22 Å². The summed E-state index contributed by atoms with van der Waals surface area (Å²) in [6.45, 7) is 4.79. The second-order valence-corrected chi connectivity index (χ2v) is 6.82. The zero-order valence-corrected chi connectivity index (χ0v) is 14.9. The van der Waals surface area contributed by atoms with Crippen LogP contribution in [0, 0.1) is 18.8 Å². The first-order chi connectivity index (χ1) is 11.1. The molecule has 2 aliphatic rings. The standard InChI is InChI=1S/C18H19ClN2O2.ClH/c1-11-4-2-3-5-13(11)17-14-9-20-8-12(14)10-21(17)18(22)15-6-7-16(19)23-15;/h2-7,12,14,17,20H,8-10H2,1H3;1H/t12-,14-,17-;/m0./s1. The monoisotopic (exact) mass is 366 g/mol. The molecule has 0 spiro atoms. The predicted molar refractivity (Wildman–Crippen MR) is 95.8 cm³/mol. The molecule has 2 fully saturated rings. The second kappa shape index (κ2) is 6.79. The lowest BCUT2D eigenvalue weighted by atomic mass is 9.87. The van der Waals surface area contributed by atoms with E-state index in [4.69, 9.17) is 16.0 Å². The first-order valence-corrected chi connectivity index (χ1v) is 8.35. The number of hydrogen-bond donors (Lipinski definition) is 1. The minimum absolute atomic E-state index is 0. The van der Waals surface area contributed by atoms with Crippen LogP contribution < -0.4 is 5.32 Å². The summed E-state index contributed by atoms with van der Waals surface area (Å²) >= 11 is 5.84. The van der Waals surface area contributed by atoms with Gasteiger partial charge in [-0.25, -0.2) is 0 Å². The summed E-state index contributed by atoms with van der Waals surface area (Å²) in [5, 5.41) is 3.72. The molecule has 0 bridgehead atoms. The molecule has 3 heterocycles. The van der Waals surface area contributed by atoms with Crippen molar-refractivity contribution < 1.29 is 9.21 Å². The van der Waals surface area contributed by atoms with E-state index in [-0.39, 0.29) is 29.6 Å². The molecule has 1 aromatic heterocycles. The van der Waals surface area contributed by atoms with Gasteiger partial charge >= 0.3 is 0 Å². The van der Waals surface area contributed by atoms with Gasteiger partial charge in [0.25, 0.3) is 5.91 Å². The molecule has 2 aromatic rings. The molecule has 3 atom stereocenters. The van der Waals surface area contributed by atoms with Crippen LogP contribution in [0.15, 0.2) is 40.8 Å². The summed E-state index contributed by atoms with van der Waals surface area (Å²) in [7, 11) is 0. The number of nitrogens with zero attached hydrogens (tertiary/aromatic N) is 1. The summed E-state index contributed by atoms with van der Waals surface area (Å²) in [5.74, 6) is 1.19. The van der Waals surface area contributed by atoms with Gasteiger partial charge in [-0.3, -0.25) is 4.79 Å². The first kappa shape index (κ1) is 17.3. The minimum atomic E-state index is -0.0699. The number of halogens is 2. The molecule has 1 N–H and O–H groups in total. The van der Waals surface area contributed by atoms with E-state index >= 15 is 0 Å². The van der Waals surface area contributed by atoms with Crippen LogP contribution >= 0.6 is 24.0 Å². The van der Waals surface area contributed by atoms with Crippen LogP contribution in [0.5, 0.6) is 0 Å². The van der Waals surface area contributed by atoms with Crippen LogP contribution in [0.25, 0.3) is 0 Å². The molecular formula is C18H20Cl2N2O2. The molecule has 0 saturated carbocycles. The highest BCUT2D eigenvalue weighted by Crippen LogP contribution is 2.44. The van der Waals surface area contributed by atoms with E-state index in [0.717, 1.165) is 19.6 Å². The first-order valence-electron chi connectivity index (χ1n) is 7.97. The zero-order chi connectivity index (χ0) is 16.0. The Labute approximate surface area is 152 Å². The highest BCUT2D eigenvalue weighted by atomic mass is 35.5. The third kappa shape index (κ3) is 2.83. The van der Waals surface area contributed by atoms with Crippen molar-refractivity contribution in [3.05, 3.63) is 58.5 Å². The van der Waals surface area contributed by atoms with Gasteiger partial charge in [0, 0.05) is 25.6 Å². The van der Waals surface area contributed by atoms with Crippen LogP contribution in [0.3, 0.4) is 0 Å². The number of amides is 1. The van der Waals surface area contributed by atoms with E-state index in [1.807, 2.05) is 17.0 Å². The third-order valence-electron chi connectivity index (χ3n) is 5.12. The van der Waals surface area contributed by atoms with Gasteiger partial charge in [-0.1, -0.05) is 24.3 Å². The topological polar surface area (TPSA) is 45.5 Å². The normalized spacial score (nSPS) is 25.4. The molecule has 2 aliphatic heterocycles. The van der Waals surface area contributed by atoms with Gasteiger partial charge in [-0.15, -0.1) is 12.4 Å². The van der Waals surface area contributed by atoms with E-state index in [9.17, 15) is 4.79 Å². The highest BCUT2D eigenvalue weighted by molar-refractivity contribution is 6.29. The number of furan rings is 1. The Morgan fingerprint density at radius 2 is 2.04 bits per heavy atom. The number of fused-ring (bicyclic) bond motifs is 1. The summed E-state index contributed by atoms with van der Waals surface area (Å²) in [4.78, 5) is 14.9. The molecule has 6 heteroatoms. The number of carbonyl (C=O) groups excluding carboxylic acids is 1. The van der Waals surface area contributed by atoms with E-state index in [1.54, 1.807) is 12.1 Å². The van der Waals surface area contributed by atoms with Crippen molar-refractivity contribution in [3.8, 4) is 0 Å². The van der Waals surface area contributed by atoms with E-state index < -0.39 is 0 Å². The average molecular weight is 367 g/mol. The maximum absolute atomic E-state index is 12.9. The number of likely N-dealkylation sites (tertiary alicyclic amines) is 1. The van der Waals surface area contributed by atoms with Crippen molar-refractivity contribution in [1.29, 1.82) is 0 Å². The number of carbonyl (C=O) groups is 1. The Bertz CT molecular complexity index is 746. The fourth-order valence-electron chi connectivity index (χ4n) is 4.02. The number of hydrogen-bond acceptors (Lipinski definition) is 3. The summed E-state index contributed by atoms with van der Waals surface area (Å²) in [5.41, 5.74) is 2.45. The number of benzene rings is 1. The van der Waals surface area contributed by atoms with Crippen LogP contribution in [0.4, 0.5) is 0 Å². The minimum Gasteiger partial charge on any atom is -0.440 e. The largest absolute Gasteiger partial charge is 0.440 e. The molecule has 4 nitrogen and oxygen atoms in total. The Morgan fingerprint density at radius 1 is 1.25 bits per heavy atom. The van der Waals surface area contributed by atoms with Gasteiger partial charge in [0.2, 0.25) is 0 Å². The predicted octanol–water partition coefficient (Wildman–Crippen LogP) is 3.70. The lowest BCUT2D eigenvalue weighted by Gasteiger charge is -2.29. The molecule has 4 rings (SSSR count). The Morgan fingerprint density at radius 3 is 2.75 bits per heavy atom. The molecule has 128 valence electrons. The summed E-state index contributed by atoms with van der Waals surface area (Å²) in [6.07, 6.45) is 0. The van der Waals surface area contributed by atoms with Crippen LogP contribution in [-0.4, -0.2) is 30.4 Å². The lowest BCUT2D eigenvalue weighted by molar-refractivity contribution is 0.0681. The molecule has 2 saturated heterocycles. The van der Waals surface area contributed by atoms with E-state index in [2.05, 4.69) is 24.4 Å². The number of rotatable bonds is 2. The zero-order valence-electron chi connectivity index (χ0n) is 13.4. The molecule has 24 heavy (non-hydrogen) atoms. The van der Waals surface area contributed by atoms with Crippen LogP contribution in [0.1, 0.15) is 27.7 Å². The third-order valence-corrected chi connectivity index (χ3v) is 5.32. The van der Waals surface area contributed by atoms with Gasteiger partial charge < -0.3 is 14.6 Å². The van der Waals surface area contributed by atoms with E-state index in [0.29, 0.717) is 17.6 Å². The van der Waals surface area contributed by atoms with Gasteiger partial charge in [-0.2, -0.15) is 0 Å². The second-order valence-electron chi connectivity index (χ2n) is 6.44. The highest BCUT2D eigenvalue weighted by Gasteiger charge is 2.47.